The second kappa shape index (κ2) is 8.07. The average Bonchev–Trinajstić information content (AvgIpc) is 3.01. The van der Waals surface area contributed by atoms with Crippen molar-refractivity contribution in [3.63, 3.8) is 0 Å². The van der Waals surface area contributed by atoms with Gasteiger partial charge in [0.2, 0.25) is 5.91 Å². The highest BCUT2D eigenvalue weighted by Gasteiger charge is 2.19. The van der Waals surface area contributed by atoms with Crippen LogP contribution in [0.1, 0.15) is 24.0 Å². The smallest absolute Gasteiger partial charge is 0.222 e. The third-order valence-electron chi connectivity index (χ3n) is 4.14. The van der Waals surface area contributed by atoms with Gasteiger partial charge in [0.25, 0.3) is 0 Å². The molecule has 130 valence electrons. The number of amides is 1. The first kappa shape index (κ1) is 17.4. The van der Waals surface area contributed by atoms with Gasteiger partial charge in [0, 0.05) is 26.1 Å². The predicted molar refractivity (Wildman–Crippen MR) is 101 cm³/mol. The van der Waals surface area contributed by atoms with Crippen LogP contribution in [0.5, 0.6) is 0 Å². The number of nitrogens with zero attached hydrogens (tertiary/aromatic N) is 1. The first-order valence-corrected chi connectivity index (χ1v) is 8.67. The molecule has 0 spiro atoms. The molecular formula is C19H20FN3OS. The van der Waals surface area contributed by atoms with E-state index in [0.717, 1.165) is 24.1 Å². The number of anilines is 1. The van der Waals surface area contributed by atoms with Crippen molar-refractivity contribution in [2.75, 3.05) is 11.9 Å². The van der Waals surface area contributed by atoms with Gasteiger partial charge in [-0.15, -0.1) is 0 Å². The molecule has 4 nitrogen and oxygen atoms in total. The van der Waals surface area contributed by atoms with E-state index in [-0.39, 0.29) is 11.7 Å². The molecule has 2 aromatic carbocycles. The topological polar surface area (TPSA) is 44.4 Å². The van der Waals surface area contributed by atoms with Gasteiger partial charge in [-0.1, -0.05) is 36.4 Å². The summed E-state index contributed by atoms with van der Waals surface area (Å²) in [5.74, 6) is -0.109. The van der Waals surface area contributed by atoms with Crippen LogP contribution in [0.2, 0.25) is 0 Å². The van der Waals surface area contributed by atoms with Crippen LogP contribution in [0.25, 0.3) is 0 Å². The third-order valence-corrected chi connectivity index (χ3v) is 4.39. The van der Waals surface area contributed by atoms with Gasteiger partial charge in [0.1, 0.15) is 5.82 Å². The third kappa shape index (κ3) is 4.76. The summed E-state index contributed by atoms with van der Waals surface area (Å²) in [4.78, 5) is 13.6. The molecule has 0 saturated carbocycles. The van der Waals surface area contributed by atoms with Crippen molar-refractivity contribution in [1.82, 2.24) is 10.2 Å². The average molecular weight is 357 g/mol. The van der Waals surface area contributed by atoms with Crippen molar-refractivity contribution in [2.24, 2.45) is 0 Å². The van der Waals surface area contributed by atoms with Gasteiger partial charge >= 0.3 is 0 Å². The quantitative estimate of drug-likeness (QED) is 0.805. The van der Waals surface area contributed by atoms with Gasteiger partial charge in [-0.25, -0.2) is 4.39 Å². The monoisotopic (exact) mass is 357 g/mol. The highest BCUT2D eigenvalue weighted by atomic mass is 32.1. The number of thiocarbonyl (C=S) groups is 1. The molecule has 1 aliphatic heterocycles. The molecule has 1 heterocycles. The molecule has 0 radical (unpaired) electrons. The zero-order valence-electron chi connectivity index (χ0n) is 13.8. The molecule has 0 unspecified atom stereocenters. The van der Waals surface area contributed by atoms with Crippen LogP contribution < -0.4 is 10.6 Å². The molecule has 0 bridgehead atoms. The van der Waals surface area contributed by atoms with Gasteiger partial charge in [0.15, 0.2) is 5.11 Å². The van der Waals surface area contributed by atoms with Crippen molar-refractivity contribution in [1.29, 1.82) is 0 Å². The summed E-state index contributed by atoms with van der Waals surface area (Å²) in [5.41, 5.74) is 2.53. The van der Waals surface area contributed by atoms with E-state index in [0.29, 0.717) is 30.3 Å². The van der Waals surface area contributed by atoms with E-state index in [1.54, 1.807) is 18.2 Å². The molecule has 6 heteroatoms. The van der Waals surface area contributed by atoms with E-state index in [1.165, 1.54) is 6.07 Å². The minimum absolute atomic E-state index is 0.232. The molecule has 0 aliphatic carbocycles. The van der Waals surface area contributed by atoms with Crippen molar-refractivity contribution in [3.8, 4) is 0 Å². The molecule has 2 N–H and O–H groups in total. The summed E-state index contributed by atoms with van der Waals surface area (Å²) < 4.78 is 13.6. The number of halogens is 1. The molecule has 0 atom stereocenters. The number of likely N-dealkylation sites (tertiary alicyclic amines) is 1. The zero-order chi connectivity index (χ0) is 17.6. The summed E-state index contributed by atoms with van der Waals surface area (Å²) in [6, 6.07) is 14.5. The predicted octanol–water partition coefficient (Wildman–Crippen LogP) is 3.43. The summed E-state index contributed by atoms with van der Waals surface area (Å²) in [5, 5.41) is 6.28. The fourth-order valence-electron chi connectivity index (χ4n) is 2.77. The van der Waals surface area contributed by atoms with Crippen LogP contribution in [0, 0.1) is 5.82 Å². The Balaban J connectivity index is 1.49. The van der Waals surface area contributed by atoms with Crippen LogP contribution >= 0.6 is 12.2 Å². The lowest BCUT2D eigenvalue weighted by Crippen LogP contribution is -2.28. The Morgan fingerprint density at radius 1 is 1.12 bits per heavy atom. The Morgan fingerprint density at radius 3 is 2.52 bits per heavy atom. The number of carbonyl (C=O) groups is 1. The molecule has 3 rings (SSSR count). The minimum Gasteiger partial charge on any atom is -0.358 e. The lowest BCUT2D eigenvalue weighted by molar-refractivity contribution is -0.128. The van der Waals surface area contributed by atoms with Crippen molar-refractivity contribution in [2.45, 2.75) is 25.9 Å². The second-order valence-corrected chi connectivity index (χ2v) is 6.43. The van der Waals surface area contributed by atoms with Gasteiger partial charge in [-0.2, -0.15) is 0 Å². The van der Waals surface area contributed by atoms with Gasteiger partial charge in [-0.3, -0.25) is 4.79 Å². The Labute approximate surface area is 152 Å². The normalized spacial score (nSPS) is 13.8. The maximum atomic E-state index is 13.6. The van der Waals surface area contributed by atoms with Crippen LogP contribution in [-0.4, -0.2) is 22.5 Å². The Kier molecular flexibility index (Phi) is 5.60. The summed E-state index contributed by atoms with van der Waals surface area (Å²) >= 11 is 5.20. The van der Waals surface area contributed by atoms with E-state index in [9.17, 15) is 9.18 Å². The second-order valence-electron chi connectivity index (χ2n) is 6.02. The van der Waals surface area contributed by atoms with E-state index < -0.39 is 0 Å². The fraction of sp³-hybridized carbons (Fsp3) is 0.263. The molecule has 25 heavy (non-hydrogen) atoms. The fourth-order valence-corrected chi connectivity index (χ4v) is 2.95. The van der Waals surface area contributed by atoms with Crippen molar-refractivity contribution in [3.05, 3.63) is 65.5 Å². The van der Waals surface area contributed by atoms with Crippen molar-refractivity contribution < 1.29 is 9.18 Å². The number of hydrogen-bond acceptors (Lipinski definition) is 2. The number of hydrogen-bond donors (Lipinski definition) is 2. The highest BCUT2D eigenvalue weighted by Crippen LogP contribution is 2.15. The SMILES string of the molecule is O=C1CCCN1Cc1ccc(CNC(=S)Nc2ccccc2F)cc1. The standard InChI is InChI=1S/C19H20FN3OS/c20-16-4-1-2-5-17(16)22-19(25)21-12-14-7-9-15(10-8-14)13-23-11-3-6-18(23)24/h1-2,4-5,7-10H,3,6,11-13H2,(H2,21,22,25). The summed E-state index contributed by atoms with van der Waals surface area (Å²) in [6.45, 7) is 2.06. The maximum absolute atomic E-state index is 13.6. The number of nitrogens with one attached hydrogen (secondary N) is 2. The van der Waals surface area contributed by atoms with Crippen LogP contribution in [-0.2, 0) is 17.9 Å². The first-order valence-electron chi connectivity index (χ1n) is 8.27. The van der Waals surface area contributed by atoms with Gasteiger partial charge in [-0.05, 0) is 41.9 Å². The molecule has 1 saturated heterocycles. The summed E-state index contributed by atoms with van der Waals surface area (Å²) in [7, 11) is 0. The zero-order valence-corrected chi connectivity index (χ0v) is 14.6. The number of carbonyl (C=O) groups excluding carboxylic acids is 1. The van der Waals surface area contributed by atoms with E-state index in [1.807, 2.05) is 29.2 Å². The number of rotatable bonds is 5. The highest BCUT2D eigenvalue weighted by molar-refractivity contribution is 7.80. The van der Waals surface area contributed by atoms with Gasteiger partial charge < -0.3 is 15.5 Å². The molecule has 1 amide bonds. The van der Waals surface area contributed by atoms with Crippen LogP contribution in [0.3, 0.4) is 0 Å². The molecule has 0 aromatic heterocycles. The lowest BCUT2D eigenvalue weighted by atomic mass is 10.1. The van der Waals surface area contributed by atoms with E-state index in [4.69, 9.17) is 12.2 Å². The number of benzene rings is 2. The molecule has 1 fully saturated rings. The van der Waals surface area contributed by atoms with Gasteiger partial charge in [0.05, 0.1) is 5.69 Å². The first-order chi connectivity index (χ1) is 12.1. The minimum atomic E-state index is -0.340. The Hall–Kier alpha value is -2.47. The lowest BCUT2D eigenvalue weighted by Gasteiger charge is -2.16. The Bertz CT molecular complexity index is 764. The number of para-hydroxylation sites is 1. The van der Waals surface area contributed by atoms with E-state index in [2.05, 4.69) is 10.6 Å². The molecule has 2 aromatic rings. The van der Waals surface area contributed by atoms with Crippen LogP contribution in [0.4, 0.5) is 10.1 Å². The summed E-state index contributed by atoms with van der Waals surface area (Å²) in [6.07, 6.45) is 1.61. The Morgan fingerprint density at radius 2 is 1.84 bits per heavy atom. The molecule has 1 aliphatic rings. The van der Waals surface area contributed by atoms with Crippen molar-refractivity contribution >= 4 is 28.9 Å². The maximum Gasteiger partial charge on any atom is 0.222 e. The van der Waals surface area contributed by atoms with E-state index >= 15 is 0 Å². The van der Waals surface area contributed by atoms with Crippen LogP contribution in [0.15, 0.2) is 48.5 Å². The largest absolute Gasteiger partial charge is 0.358 e. The molecular weight excluding hydrogens is 337 g/mol.